The Kier molecular flexibility index (Phi) is 23.4. The Labute approximate surface area is 188 Å². The Bertz CT molecular complexity index is 402. The number of hydrogen-bond acceptors (Lipinski definition) is 3. The van der Waals surface area contributed by atoms with Gasteiger partial charge in [0, 0.05) is 0 Å². The molecule has 0 amide bonds. The molecule has 0 radical (unpaired) electrons. The fraction of sp³-hybridized carbons (Fsp3) is 0.926. The summed E-state index contributed by atoms with van der Waals surface area (Å²) in [6.07, 6.45) is 26.1. The summed E-state index contributed by atoms with van der Waals surface area (Å²) in [7, 11) is 0. The maximum atomic E-state index is 12.1. The molecule has 0 spiro atoms. The van der Waals surface area contributed by atoms with Gasteiger partial charge < -0.3 is 4.74 Å². The third kappa shape index (κ3) is 20.2. The Balaban J connectivity index is 3.45. The average Bonchev–Trinajstić information content (AvgIpc) is 2.75. The van der Waals surface area contributed by atoms with Crippen molar-refractivity contribution >= 4 is 5.97 Å². The zero-order valence-corrected chi connectivity index (χ0v) is 20.4. The summed E-state index contributed by atoms with van der Waals surface area (Å²) in [4.78, 5) is 12.1. The van der Waals surface area contributed by atoms with Crippen molar-refractivity contribution in [2.45, 2.75) is 149 Å². The molecule has 0 aliphatic heterocycles. The van der Waals surface area contributed by atoms with Gasteiger partial charge in [-0.2, -0.15) is 5.26 Å². The quantitative estimate of drug-likeness (QED) is 0.122. The highest BCUT2D eigenvalue weighted by molar-refractivity contribution is 5.75. The van der Waals surface area contributed by atoms with Crippen LogP contribution in [0.3, 0.4) is 0 Å². The maximum Gasteiger partial charge on any atom is 0.323 e. The van der Waals surface area contributed by atoms with Gasteiger partial charge in [0.25, 0.3) is 0 Å². The van der Waals surface area contributed by atoms with E-state index in [0.717, 1.165) is 25.7 Å². The SMILES string of the molecule is CCCCCCCCCCCCCCOC(=O)C(C#N)CCCCCCCCCC. The summed E-state index contributed by atoms with van der Waals surface area (Å²) in [6.45, 7) is 4.98. The molecule has 0 fully saturated rings. The number of unbranched alkanes of at least 4 members (excludes halogenated alkanes) is 18. The molecule has 0 aromatic heterocycles. The average molecular weight is 422 g/mol. The van der Waals surface area contributed by atoms with E-state index in [-0.39, 0.29) is 5.97 Å². The van der Waals surface area contributed by atoms with Crippen LogP contribution in [0.15, 0.2) is 0 Å². The lowest BCUT2D eigenvalue weighted by Crippen LogP contribution is -2.17. The standard InChI is InChI=1S/C27H51NO2/c1-3-5-7-9-11-13-14-15-16-18-20-22-24-30-27(29)26(25-28)23-21-19-17-12-10-8-6-4-2/h26H,3-24H2,1-2H3. The molecule has 0 aliphatic rings. The van der Waals surface area contributed by atoms with Gasteiger partial charge in [-0.3, -0.25) is 4.79 Å². The van der Waals surface area contributed by atoms with Crippen LogP contribution in [-0.4, -0.2) is 12.6 Å². The van der Waals surface area contributed by atoms with Gasteiger partial charge in [-0.25, -0.2) is 0 Å². The van der Waals surface area contributed by atoms with E-state index in [2.05, 4.69) is 19.9 Å². The number of esters is 1. The minimum absolute atomic E-state index is 0.302. The summed E-state index contributed by atoms with van der Waals surface area (Å²) >= 11 is 0. The van der Waals surface area contributed by atoms with E-state index in [1.54, 1.807) is 0 Å². The van der Waals surface area contributed by atoms with E-state index in [4.69, 9.17) is 4.74 Å². The number of nitriles is 1. The van der Waals surface area contributed by atoms with Gasteiger partial charge in [0.05, 0.1) is 12.7 Å². The van der Waals surface area contributed by atoms with Gasteiger partial charge in [-0.15, -0.1) is 0 Å². The maximum absolute atomic E-state index is 12.1. The van der Waals surface area contributed by atoms with Gasteiger partial charge in [0.2, 0.25) is 0 Å². The summed E-state index contributed by atoms with van der Waals surface area (Å²) in [5.41, 5.74) is 0. The van der Waals surface area contributed by atoms with Crippen LogP contribution in [0.5, 0.6) is 0 Å². The second-order valence-electron chi connectivity index (χ2n) is 9.00. The van der Waals surface area contributed by atoms with E-state index in [1.807, 2.05) is 0 Å². The fourth-order valence-corrected chi connectivity index (χ4v) is 3.93. The fourth-order valence-electron chi connectivity index (χ4n) is 3.93. The monoisotopic (exact) mass is 421 g/mol. The zero-order valence-electron chi connectivity index (χ0n) is 20.4. The van der Waals surface area contributed by atoms with Crippen LogP contribution in [0, 0.1) is 17.2 Å². The molecule has 0 aromatic rings. The topological polar surface area (TPSA) is 50.1 Å². The molecule has 0 saturated carbocycles. The van der Waals surface area contributed by atoms with Crippen molar-refractivity contribution in [1.29, 1.82) is 5.26 Å². The van der Waals surface area contributed by atoms with Crippen molar-refractivity contribution in [2.75, 3.05) is 6.61 Å². The third-order valence-electron chi connectivity index (χ3n) is 6.03. The molecule has 1 atom stereocenters. The summed E-state index contributed by atoms with van der Waals surface area (Å²) in [6, 6.07) is 2.14. The molecule has 3 heteroatoms. The Morgan fingerprint density at radius 3 is 1.40 bits per heavy atom. The lowest BCUT2D eigenvalue weighted by atomic mass is 10.0. The molecular formula is C27H51NO2. The van der Waals surface area contributed by atoms with Crippen LogP contribution in [-0.2, 0) is 9.53 Å². The number of carbonyl (C=O) groups is 1. The van der Waals surface area contributed by atoms with Crippen LogP contribution < -0.4 is 0 Å². The molecule has 0 rings (SSSR count). The molecule has 0 aliphatic carbocycles. The van der Waals surface area contributed by atoms with E-state index in [1.165, 1.54) is 103 Å². The predicted octanol–water partition coefficient (Wildman–Crippen LogP) is 8.90. The van der Waals surface area contributed by atoms with Crippen LogP contribution >= 0.6 is 0 Å². The van der Waals surface area contributed by atoms with Gasteiger partial charge in [-0.1, -0.05) is 136 Å². The van der Waals surface area contributed by atoms with E-state index < -0.39 is 5.92 Å². The molecule has 0 aromatic carbocycles. The highest BCUT2D eigenvalue weighted by Gasteiger charge is 2.18. The molecule has 30 heavy (non-hydrogen) atoms. The molecule has 3 nitrogen and oxygen atoms in total. The van der Waals surface area contributed by atoms with Gasteiger partial charge in [0.15, 0.2) is 0 Å². The highest BCUT2D eigenvalue weighted by atomic mass is 16.5. The van der Waals surface area contributed by atoms with Crippen molar-refractivity contribution in [1.82, 2.24) is 0 Å². The first-order valence-electron chi connectivity index (χ1n) is 13.3. The van der Waals surface area contributed by atoms with Crippen LogP contribution in [0.4, 0.5) is 0 Å². The number of nitrogens with zero attached hydrogens (tertiary/aromatic N) is 1. The van der Waals surface area contributed by atoms with Gasteiger partial charge >= 0.3 is 5.97 Å². The van der Waals surface area contributed by atoms with Crippen molar-refractivity contribution in [3.63, 3.8) is 0 Å². The van der Waals surface area contributed by atoms with Crippen molar-refractivity contribution in [3.05, 3.63) is 0 Å². The Morgan fingerprint density at radius 1 is 0.633 bits per heavy atom. The second kappa shape index (κ2) is 24.2. The van der Waals surface area contributed by atoms with E-state index in [9.17, 15) is 10.1 Å². The predicted molar refractivity (Wildman–Crippen MR) is 128 cm³/mol. The van der Waals surface area contributed by atoms with Gasteiger partial charge in [-0.05, 0) is 12.8 Å². The first-order chi connectivity index (χ1) is 14.8. The van der Waals surface area contributed by atoms with Crippen molar-refractivity contribution < 1.29 is 9.53 Å². The molecule has 0 saturated heterocycles. The number of carbonyl (C=O) groups excluding carboxylic acids is 1. The molecule has 0 bridgehead atoms. The minimum atomic E-state index is -0.567. The van der Waals surface area contributed by atoms with Crippen molar-refractivity contribution in [3.8, 4) is 6.07 Å². The third-order valence-corrected chi connectivity index (χ3v) is 6.03. The van der Waals surface area contributed by atoms with Crippen LogP contribution in [0.2, 0.25) is 0 Å². The summed E-state index contributed by atoms with van der Waals surface area (Å²) in [5, 5.41) is 9.25. The molecule has 0 N–H and O–H groups in total. The van der Waals surface area contributed by atoms with Crippen LogP contribution in [0.25, 0.3) is 0 Å². The van der Waals surface area contributed by atoms with Crippen molar-refractivity contribution in [2.24, 2.45) is 5.92 Å². The van der Waals surface area contributed by atoms with E-state index >= 15 is 0 Å². The number of ether oxygens (including phenoxy) is 1. The zero-order chi connectivity index (χ0) is 22.1. The highest BCUT2D eigenvalue weighted by Crippen LogP contribution is 2.15. The van der Waals surface area contributed by atoms with E-state index in [0.29, 0.717) is 13.0 Å². The smallest absolute Gasteiger partial charge is 0.323 e. The Hall–Kier alpha value is -1.04. The molecular weight excluding hydrogens is 370 g/mol. The lowest BCUT2D eigenvalue weighted by Gasteiger charge is -2.09. The first-order valence-corrected chi connectivity index (χ1v) is 13.3. The van der Waals surface area contributed by atoms with Gasteiger partial charge in [0.1, 0.15) is 5.92 Å². The number of hydrogen-bond donors (Lipinski definition) is 0. The van der Waals surface area contributed by atoms with Crippen LogP contribution in [0.1, 0.15) is 149 Å². The number of rotatable bonds is 23. The molecule has 176 valence electrons. The summed E-state index contributed by atoms with van der Waals surface area (Å²) in [5.74, 6) is -0.870. The molecule has 1 unspecified atom stereocenters. The lowest BCUT2D eigenvalue weighted by molar-refractivity contribution is -0.146. The normalized spacial score (nSPS) is 11.9. The summed E-state index contributed by atoms with van der Waals surface area (Å²) < 4.78 is 5.35. The molecule has 0 heterocycles. The minimum Gasteiger partial charge on any atom is -0.465 e. The first kappa shape index (κ1) is 29.0. The second-order valence-corrected chi connectivity index (χ2v) is 9.00. The largest absolute Gasteiger partial charge is 0.465 e. The Morgan fingerprint density at radius 2 is 1.00 bits per heavy atom.